The quantitative estimate of drug-likeness (QED) is 0.734. The predicted octanol–water partition coefficient (Wildman–Crippen LogP) is 3.34. The fourth-order valence-corrected chi connectivity index (χ4v) is 2.97. The van der Waals surface area contributed by atoms with Crippen LogP contribution in [0.4, 0.5) is 0 Å². The molecule has 2 aromatic rings. The van der Waals surface area contributed by atoms with Gasteiger partial charge in [0.1, 0.15) is 0 Å². The fourth-order valence-electron chi connectivity index (χ4n) is 1.90. The Morgan fingerprint density at radius 3 is 2.79 bits per heavy atom. The zero-order chi connectivity index (χ0) is 13.5. The van der Waals surface area contributed by atoms with Crippen LogP contribution < -0.4 is 0 Å². The van der Waals surface area contributed by atoms with Crippen molar-refractivity contribution in [2.45, 2.75) is 25.3 Å². The normalized spacial score (nSPS) is 11.1. The molecule has 2 rings (SSSR count). The van der Waals surface area contributed by atoms with Gasteiger partial charge in [0, 0.05) is 30.7 Å². The molecule has 3 nitrogen and oxygen atoms in total. The number of halogens is 1. The molecule has 0 radical (unpaired) electrons. The Morgan fingerprint density at radius 2 is 2.11 bits per heavy atom. The standard InChI is InChI=1S/C14H18ClN3S/c1-18(10-12-4-6-16-7-5-12)8-2-3-14-17-13(9-15)11-19-14/h4-7,11H,2-3,8-10H2,1H3. The van der Waals surface area contributed by atoms with Gasteiger partial charge in [0.15, 0.2) is 0 Å². The van der Waals surface area contributed by atoms with E-state index in [1.54, 1.807) is 11.3 Å². The summed E-state index contributed by atoms with van der Waals surface area (Å²) in [5.74, 6) is 0.512. The van der Waals surface area contributed by atoms with E-state index in [9.17, 15) is 0 Å². The van der Waals surface area contributed by atoms with Crippen LogP contribution in [0.3, 0.4) is 0 Å². The molecule has 0 unspecified atom stereocenters. The summed E-state index contributed by atoms with van der Waals surface area (Å²) in [6.07, 6.45) is 5.83. The van der Waals surface area contributed by atoms with Gasteiger partial charge in [0.05, 0.1) is 16.6 Å². The van der Waals surface area contributed by atoms with E-state index in [0.29, 0.717) is 5.88 Å². The molecule has 0 amide bonds. The lowest BCUT2D eigenvalue weighted by atomic mass is 10.2. The van der Waals surface area contributed by atoms with Gasteiger partial charge in [-0.2, -0.15) is 0 Å². The lowest BCUT2D eigenvalue weighted by Gasteiger charge is -2.15. The Kier molecular flexibility index (Phi) is 5.76. The molecular weight excluding hydrogens is 278 g/mol. The van der Waals surface area contributed by atoms with Gasteiger partial charge in [-0.05, 0) is 37.7 Å². The second-order valence-corrected chi connectivity index (χ2v) is 5.77. The van der Waals surface area contributed by atoms with Crippen LogP contribution in [-0.2, 0) is 18.8 Å². The molecule has 5 heteroatoms. The van der Waals surface area contributed by atoms with E-state index in [4.69, 9.17) is 11.6 Å². The van der Waals surface area contributed by atoms with Crippen molar-refractivity contribution in [3.8, 4) is 0 Å². The zero-order valence-corrected chi connectivity index (χ0v) is 12.6. The van der Waals surface area contributed by atoms with Crippen molar-refractivity contribution >= 4 is 22.9 Å². The van der Waals surface area contributed by atoms with Crippen molar-refractivity contribution in [2.24, 2.45) is 0 Å². The summed E-state index contributed by atoms with van der Waals surface area (Å²) in [7, 11) is 2.15. The van der Waals surface area contributed by atoms with Crippen LogP contribution in [-0.4, -0.2) is 28.5 Å². The molecule has 0 bridgehead atoms. The Balaban J connectivity index is 1.70. The van der Waals surface area contributed by atoms with Crippen LogP contribution in [0.25, 0.3) is 0 Å². The number of hydrogen-bond donors (Lipinski definition) is 0. The van der Waals surface area contributed by atoms with E-state index in [2.05, 4.69) is 34.0 Å². The van der Waals surface area contributed by atoms with Crippen molar-refractivity contribution < 1.29 is 0 Å². The first-order chi connectivity index (χ1) is 9.28. The lowest BCUT2D eigenvalue weighted by molar-refractivity contribution is 0.322. The highest BCUT2D eigenvalue weighted by atomic mass is 35.5. The van der Waals surface area contributed by atoms with Crippen molar-refractivity contribution in [3.05, 3.63) is 46.2 Å². The molecule has 0 saturated carbocycles. The molecule has 0 aliphatic rings. The molecule has 0 aliphatic carbocycles. The van der Waals surface area contributed by atoms with E-state index < -0.39 is 0 Å². The first kappa shape index (κ1) is 14.4. The Labute approximate surface area is 123 Å². The first-order valence-electron chi connectivity index (χ1n) is 6.34. The van der Waals surface area contributed by atoms with Crippen molar-refractivity contribution in [2.75, 3.05) is 13.6 Å². The summed E-state index contributed by atoms with van der Waals surface area (Å²) in [6, 6.07) is 4.12. The third-order valence-corrected chi connectivity index (χ3v) is 4.10. The average Bonchev–Trinajstić information content (AvgIpc) is 2.88. The number of nitrogens with zero attached hydrogens (tertiary/aromatic N) is 3. The van der Waals surface area contributed by atoms with Crippen LogP contribution >= 0.6 is 22.9 Å². The smallest absolute Gasteiger partial charge is 0.0929 e. The number of rotatable bonds is 7. The number of aryl methyl sites for hydroxylation is 1. The van der Waals surface area contributed by atoms with Gasteiger partial charge in [-0.15, -0.1) is 22.9 Å². The number of alkyl halides is 1. The summed E-state index contributed by atoms with van der Waals surface area (Å²) < 4.78 is 0. The molecule has 0 aromatic carbocycles. The highest BCUT2D eigenvalue weighted by molar-refractivity contribution is 7.09. The molecule has 0 spiro atoms. The average molecular weight is 296 g/mol. The van der Waals surface area contributed by atoms with Crippen molar-refractivity contribution in [1.82, 2.24) is 14.9 Å². The highest BCUT2D eigenvalue weighted by Crippen LogP contribution is 2.13. The van der Waals surface area contributed by atoms with Gasteiger partial charge in [0.2, 0.25) is 0 Å². The SMILES string of the molecule is CN(CCCc1nc(CCl)cs1)Cc1ccncc1. The number of thiazole rings is 1. The van der Waals surface area contributed by atoms with Crippen LogP contribution in [0.1, 0.15) is 22.7 Å². The molecule has 0 atom stereocenters. The molecular formula is C14H18ClN3S. The van der Waals surface area contributed by atoms with Gasteiger partial charge in [-0.3, -0.25) is 4.98 Å². The monoisotopic (exact) mass is 295 g/mol. The lowest BCUT2D eigenvalue weighted by Crippen LogP contribution is -2.19. The van der Waals surface area contributed by atoms with Gasteiger partial charge < -0.3 is 4.90 Å². The summed E-state index contributed by atoms with van der Waals surface area (Å²) in [5.41, 5.74) is 2.29. The van der Waals surface area contributed by atoms with Crippen LogP contribution in [0.15, 0.2) is 29.9 Å². The zero-order valence-electron chi connectivity index (χ0n) is 11.1. The largest absolute Gasteiger partial charge is 0.302 e. The van der Waals surface area contributed by atoms with Crippen LogP contribution in [0.5, 0.6) is 0 Å². The predicted molar refractivity (Wildman–Crippen MR) is 80.6 cm³/mol. The van der Waals surface area contributed by atoms with Gasteiger partial charge in [0.25, 0.3) is 0 Å². The maximum atomic E-state index is 5.75. The third kappa shape index (κ3) is 4.90. The number of aromatic nitrogens is 2. The van der Waals surface area contributed by atoms with Gasteiger partial charge >= 0.3 is 0 Å². The number of pyridine rings is 1. The third-order valence-electron chi connectivity index (χ3n) is 2.87. The summed E-state index contributed by atoms with van der Waals surface area (Å²) in [6.45, 7) is 2.03. The second kappa shape index (κ2) is 7.58. The molecule has 2 aromatic heterocycles. The van der Waals surface area contributed by atoms with E-state index in [0.717, 1.165) is 31.6 Å². The topological polar surface area (TPSA) is 29.0 Å². The molecule has 0 fully saturated rings. The highest BCUT2D eigenvalue weighted by Gasteiger charge is 2.03. The van der Waals surface area contributed by atoms with E-state index in [1.807, 2.05) is 17.8 Å². The fraction of sp³-hybridized carbons (Fsp3) is 0.429. The molecule has 19 heavy (non-hydrogen) atoms. The molecule has 0 N–H and O–H groups in total. The number of hydrogen-bond acceptors (Lipinski definition) is 4. The minimum Gasteiger partial charge on any atom is -0.302 e. The Bertz CT molecular complexity index is 486. The maximum Gasteiger partial charge on any atom is 0.0929 e. The Morgan fingerprint density at radius 1 is 1.32 bits per heavy atom. The van der Waals surface area contributed by atoms with Crippen molar-refractivity contribution in [1.29, 1.82) is 0 Å². The maximum absolute atomic E-state index is 5.75. The van der Waals surface area contributed by atoms with Crippen molar-refractivity contribution in [3.63, 3.8) is 0 Å². The Hall–Kier alpha value is -0.970. The second-order valence-electron chi connectivity index (χ2n) is 4.56. The summed E-state index contributed by atoms with van der Waals surface area (Å²) >= 11 is 7.45. The minimum absolute atomic E-state index is 0.512. The van der Waals surface area contributed by atoms with E-state index in [1.165, 1.54) is 10.6 Å². The molecule has 0 aliphatic heterocycles. The molecule has 0 saturated heterocycles. The summed E-state index contributed by atoms with van der Waals surface area (Å²) in [5, 5.41) is 3.23. The minimum atomic E-state index is 0.512. The molecule has 102 valence electrons. The summed E-state index contributed by atoms with van der Waals surface area (Å²) in [4.78, 5) is 10.8. The first-order valence-corrected chi connectivity index (χ1v) is 7.76. The van der Waals surface area contributed by atoms with Gasteiger partial charge in [-0.25, -0.2) is 4.98 Å². The van der Waals surface area contributed by atoms with Crippen LogP contribution in [0, 0.1) is 0 Å². The molecule has 2 heterocycles. The van der Waals surface area contributed by atoms with E-state index >= 15 is 0 Å². The van der Waals surface area contributed by atoms with Gasteiger partial charge in [-0.1, -0.05) is 0 Å². The van der Waals surface area contributed by atoms with Crippen LogP contribution in [0.2, 0.25) is 0 Å². The van der Waals surface area contributed by atoms with E-state index in [-0.39, 0.29) is 0 Å².